The summed E-state index contributed by atoms with van der Waals surface area (Å²) in [5.74, 6) is -0.0387. The molecule has 0 saturated carbocycles. The number of ether oxygens (including phenoxy) is 1. The van der Waals surface area contributed by atoms with Crippen LogP contribution in [0.4, 0.5) is 10.5 Å². The molecule has 0 aromatic heterocycles. The van der Waals surface area contributed by atoms with Crippen molar-refractivity contribution >= 4 is 17.6 Å². The normalized spacial score (nSPS) is 9.45. The molecule has 0 saturated heterocycles. The molecule has 0 spiro atoms. The molecule has 6 heteroatoms. The number of urea groups is 1. The predicted octanol–water partition coefficient (Wildman–Crippen LogP) is 2.53. The van der Waals surface area contributed by atoms with E-state index < -0.39 is 11.9 Å². The molecule has 2 aromatic carbocycles. The number of methoxy groups -OCH3 is 1. The number of imide groups is 1. The van der Waals surface area contributed by atoms with Crippen LogP contribution in [0.1, 0.15) is 15.9 Å². The lowest BCUT2D eigenvalue weighted by Crippen LogP contribution is -2.34. The van der Waals surface area contributed by atoms with Gasteiger partial charge in [-0.2, -0.15) is 5.26 Å². The van der Waals surface area contributed by atoms with E-state index in [1.165, 1.54) is 19.2 Å². The van der Waals surface area contributed by atoms with E-state index in [2.05, 4.69) is 10.6 Å². The molecule has 0 heterocycles. The van der Waals surface area contributed by atoms with Crippen LogP contribution in [0.2, 0.25) is 0 Å². The summed E-state index contributed by atoms with van der Waals surface area (Å²) < 4.78 is 5.04. The maximum absolute atomic E-state index is 11.9. The van der Waals surface area contributed by atoms with Gasteiger partial charge >= 0.3 is 6.03 Å². The van der Waals surface area contributed by atoms with Crippen molar-refractivity contribution in [3.8, 4) is 11.8 Å². The Labute approximate surface area is 127 Å². The van der Waals surface area contributed by atoms with E-state index in [4.69, 9.17) is 10.00 Å². The first-order chi connectivity index (χ1) is 10.6. The molecule has 3 amide bonds. The Hall–Kier alpha value is -3.33. The third kappa shape index (κ3) is 3.61. The smallest absolute Gasteiger partial charge is 0.326 e. The molecule has 0 radical (unpaired) electrons. The summed E-state index contributed by atoms with van der Waals surface area (Å²) in [4.78, 5) is 23.7. The highest BCUT2D eigenvalue weighted by molar-refractivity contribution is 6.08. The van der Waals surface area contributed by atoms with E-state index >= 15 is 0 Å². The summed E-state index contributed by atoms with van der Waals surface area (Å²) in [6.45, 7) is 0. The second kappa shape index (κ2) is 6.90. The maximum Gasteiger partial charge on any atom is 0.326 e. The molecule has 0 fully saturated rings. The van der Waals surface area contributed by atoms with Gasteiger partial charge in [0.1, 0.15) is 11.8 Å². The molecular weight excluding hydrogens is 282 g/mol. The van der Waals surface area contributed by atoms with Crippen molar-refractivity contribution in [2.24, 2.45) is 0 Å². The van der Waals surface area contributed by atoms with Crippen LogP contribution >= 0.6 is 0 Å². The zero-order valence-corrected chi connectivity index (χ0v) is 11.8. The molecule has 6 nitrogen and oxygen atoms in total. The molecule has 0 aliphatic heterocycles. The number of benzene rings is 2. The van der Waals surface area contributed by atoms with Gasteiger partial charge in [-0.25, -0.2) is 4.79 Å². The lowest BCUT2D eigenvalue weighted by atomic mass is 10.2. The van der Waals surface area contributed by atoms with Gasteiger partial charge in [-0.3, -0.25) is 10.1 Å². The summed E-state index contributed by atoms with van der Waals surface area (Å²) >= 11 is 0. The summed E-state index contributed by atoms with van der Waals surface area (Å²) in [6, 6.07) is 14.2. The molecule has 110 valence electrons. The van der Waals surface area contributed by atoms with Gasteiger partial charge in [0.2, 0.25) is 0 Å². The van der Waals surface area contributed by atoms with Gasteiger partial charge in [-0.05, 0) is 24.3 Å². The van der Waals surface area contributed by atoms with Crippen molar-refractivity contribution < 1.29 is 14.3 Å². The van der Waals surface area contributed by atoms with Crippen LogP contribution < -0.4 is 15.4 Å². The highest BCUT2D eigenvalue weighted by atomic mass is 16.5. The van der Waals surface area contributed by atoms with Crippen molar-refractivity contribution in [3.63, 3.8) is 0 Å². The van der Waals surface area contributed by atoms with Gasteiger partial charge in [0.05, 0.1) is 18.4 Å². The molecule has 2 rings (SSSR count). The minimum absolute atomic E-state index is 0.264. The highest BCUT2D eigenvalue weighted by Crippen LogP contribution is 2.21. The third-order valence-corrected chi connectivity index (χ3v) is 2.86. The Morgan fingerprint density at radius 3 is 2.50 bits per heavy atom. The van der Waals surface area contributed by atoms with E-state index in [9.17, 15) is 9.59 Å². The molecule has 0 bridgehead atoms. The van der Waals surface area contributed by atoms with Gasteiger partial charge in [-0.15, -0.1) is 0 Å². The second-order valence-electron chi connectivity index (χ2n) is 4.30. The number of amides is 3. The van der Waals surface area contributed by atoms with E-state index in [-0.39, 0.29) is 11.3 Å². The largest absolute Gasteiger partial charge is 0.497 e. The average Bonchev–Trinajstić information content (AvgIpc) is 2.55. The molecular formula is C16H13N3O3. The number of carbonyl (C=O) groups excluding carboxylic acids is 2. The van der Waals surface area contributed by atoms with Crippen molar-refractivity contribution in [1.82, 2.24) is 5.32 Å². The quantitative estimate of drug-likeness (QED) is 0.910. The summed E-state index contributed by atoms with van der Waals surface area (Å²) in [6.07, 6.45) is 0. The van der Waals surface area contributed by atoms with Crippen molar-refractivity contribution in [2.75, 3.05) is 12.4 Å². The van der Waals surface area contributed by atoms with Crippen LogP contribution in [0.25, 0.3) is 0 Å². The lowest BCUT2D eigenvalue weighted by Gasteiger charge is -2.09. The first-order valence-electron chi connectivity index (χ1n) is 6.39. The van der Waals surface area contributed by atoms with Crippen LogP contribution in [0.15, 0.2) is 48.5 Å². The Morgan fingerprint density at radius 2 is 1.86 bits per heavy atom. The number of hydrogen-bond donors (Lipinski definition) is 2. The zero-order chi connectivity index (χ0) is 15.9. The van der Waals surface area contributed by atoms with Crippen molar-refractivity contribution in [2.45, 2.75) is 0 Å². The van der Waals surface area contributed by atoms with E-state index in [1.54, 1.807) is 36.4 Å². The second-order valence-corrected chi connectivity index (χ2v) is 4.30. The number of nitriles is 1. The first kappa shape index (κ1) is 15.1. The van der Waals surface area contributed by atoms with Gasteiger partial charge in [0, 0.05) is 11.6 Å². The number of nitrogens with one attached hydrogen (secondary N) is 2. The number of hydrogen-bond acceptors (Lipinski definition) is 4. The minimum atomic E-state index is -0.724. The maximum atomic E-state index is 11.9. The molecule has 2 N–H and O–H groups in total. The van der Waals surface area contributed by atoms with Crippen LogP contribution in [-0.2, 0) is 0 Å². The van der Waals surface area contributed by atoms with E-state index in [0.717, 1.165) is 0 Å². The fraction of sp³-hybridized carbons (Fsp3) is 0.0625. The van der Waals surface area contributed by atoms with Gasteiger partial charge in [-0.1, -0.05) is 18.2 Å². The van der Waals surface area contributed by atoms with E-state index in [0.29, 0.717) is 11.3 Å². The van der Waals surface area contributed by atoms with Crippen LogP contribution in [0.5, 0.6) is 5.75 Å². The minimum Gasteiger partial charge on any atom is -0.497 e. The standard InChI is InChI=1S/C16H13N3O3/c1-22-13-8-7-12(10-17)14(9-13)18-16(21)19-15(20)11-5-3-2-4-6-11/h2-9H,1H3,(H2,18,19,20,21). The molecule has 0 aliphatic rings. The van der Waals surface area contributed by atoms with Crippen LogP contribution in [0.3, 0.4) is 0 Å². The summed E-state index contributed by atoms with van der Waals surface area (Å²) in [5, 5.41) is 13.7. The summed E-state index contributed by atoms with van der Waals surface area (Å²) in [5.41, 5.74) is 0.895. The topological polar surface area (TPSA) is 91.2 Å². The number of nitrogens with zero attached hydrogens (tertiary/aromatic N) is 1. The fourth-order valence-electron chi connectivity index (χ4n) is 1.77. The average molecular weight is 295 g/mol. The van der Waals surface area contributed by atoms with Gasteiger partial charge in [0.25, 0.3) is 5.91 Å². The zero-order valence-electron chi connectivity index (χ0n) is 11.8. The summed E-state index contributed by atoms with van der Waals surface area (Å²) in [7, 11) is 1.48. The predicted molar refractivity (Wildman–Crippen MR) is 80.6 cm³/mol. The molecule has 0 unspecified atom stereocenters. The Kier molecular flexibility index (Phi) is 4.73. The Balaban J connectivity index is 2.09. The Bertz CT molecular complexity index is 736. The number of anilines is 1. The third-order valence-electron chi connectivity index (χ3n) is 2.86. The molecule has 22 heavy (non-hydrogen) atoms. The molecule has 0 aliphatic carbocycles. The van der Waals surface area contributed by atoms with Crippen LogP contribution in [0, 0.1) is 11.3 Å². The highest BCUT2D eigenvalue weighted by Gasteiger charge is 2.12. The van der Waals surface area contributed by atoms with Gasteiger partial charge in [0.15, 0.2) is 0 Å². The fourth-order valence-corrected chi connectivity index (χ4v) is 1.77. The van der Waals surface area contributed by atoms with Gasteiger partial charge < -0.3 is 10.1 Å². The monoisotopic (exact) mass is 295 g/mol. The Morgan fingerprint density at radius 1 is 1.14 bits per heavy atom. The number of rotatable bonds is 3. The SMILES string of the molecule is COc1ccc(C#N)c(NC(=O)NC(=O)c2ccccc2)c1. The van der Waals surface area contributed by atoms with Crippen LogP contribution in [-0.4, -0.2) is 19.0 Å². The number of carbonyl (C=O) groups is 2. The van der Waals surface area contributed by atoms with Crippen molar-refractivity contribution in [1.29, 1.82) is 5.26 Å². The van der Waals surface area contributed by atoms with E-state index in [1.807, 2.05) is 6.07 Å². The lowest BCUT2D eigenvalue weighted by molar-refractivity contribution is 0.0967. The van der Waals surface area contributed by atoms with Crippen molar-refractivity contribution in [3.05, 3.63) is 59.7 Å². The molecule has 0 atom stereocenters. The molecule has 2 aromatic rings. The first-order valence-corrected chi connectivity index (χ1v) is 6.39.